The molecule has 1 N–H and O–H groups in total. The van der Waals surface area contributed by atoms with Crippen molar-refractivity contribution in [3.8, 4) is 0 Å². The van der Waals surface area contributed by atoms with Crippen molar-refractivity contribution < 1.29 is 23.5 Å². The second kappa shape index (κ2) is 8.82. The summed E-state index contributed by atoms with van der Waals surface area (Å²) >= 11 is 6.14. The number of urea groups is 1. The lowest BCUT2D eigenvalue weighted by atomic mass is 9.94. The molecule has 1 aliphatic rings. The Morgan fingerprint density at radius 2 is 2.19 bits per heavy atom. The molecule has 1 atom stereocenters. The lowest BCUT2D eigenvalue weighted by Crippen LogP contribution is -2.48. The Bertz CT molecular complexity index is 730. The number of benzene rings is 1. The molecule has 1 aromatic rings. The van der Waals surface area contributed by atoms with Gasteiger partial charge in [0, 0.05) is 29.9 Å². The minimum atomic E-state index is -1.06. The number of amides is 2. The van der Waals surface area contributed by atoms with Gasteiger partial charge in [-0.25, -0.2) is 14.0 Å². The molecule has 0 radical (unpaired) electrons. The van der Waals surface area contributed by atoms with Crippen LogP contribution >= 0.6 is 11.6 Å². The number of hydrogen-bond acceptors (Lipinski definition) is 4. The van der Waals surface area contributed by atoms with E-state index in [0.717, 1.165) is 0 Å². The minimum Gasteiger partial charge on any atom is -0.460 e. The van der Waals surface area contributed by atoms with E-state index in [1.807, 2.05) is 0 Å². The Hall–Kier alpha value is -2.38. The topological polar surface area (TPSA) is 67.9 Å². The third-order valence-electron chi connectivity index (χ3n) is 3.94. The molecule has 0 bridgehead atoms. The van der Waals surface area contributed by atoms with Crippen molar-refractivity contribution >= 4 is 23.6 Å². The summed E-state index contributed by atoms with van der Waals surface area (Å²) < 4.78 is 24.5. The molecule has 8 heteroatoms. The minimum absolute atomic E-state index is 0.0128. The molecule has 1 aromatic carbocycles. The Morgan fingerprint density at radius 3 is 2.81 bits per heavy atom. The third kappa shape index (κ3) is 4.05. The maximum Gasteiger partial charge on any atom is 0.338 e. The molecule has 2 rings (SSSR count). The van der Waals surface area contributed by atoms with Gasteiger partial charge in [0.1, 0.15) is 12.4 Å². The van der Waals surface area contributed by atoms with Crippen molar-refractivity contribution in [3.05, 3.63) is 58.5 Å². The van der Waals surface area contributed by atoms with Gasteiger partial charge in [-0.1, -0.05) is 23.7 Å². The average molecular weight is 383 g/mol. The molecule has 0 fully saturated rings. The summed E-state index contributed by atoms with van der Waals surface area (Å²) in [4.78, 5) is 26.4. The van der Waals surface area contributed by atoms with Gasteiger partial charge in [-0.2, -0.15) is 0 Å². The van der Waals surface area contributed by atoms with Gasteiger partial charge in [0.2, 0.25) is 0 Å². The van der Waals surface area contributed by atoms with E-state index in [9.17, 15) is 14.0 Å². The number of allylic oxidation sites excluding steroid dienone is 1. The van der Waals surface area contributed by atoms with Crippen LogP contribution in [0.1, 0.15) is 18.5 Å². The summed E-state index contributed by atoms with van der Waals surface area (Å²) in [7, 11) is 1.48. The highest BCUT2D eigenvalue weighted by atomic mass is 35.5. The van der Waals surface area contributed by atoms with Crippen LogP contribution in [0.25, 0.3) is 0 Å². The molecule has 2 amide bonds. The Labute approximate surface area is 156 Å². The molecular formula is C18H20ClFN2O4. The number of esters is 1. The quantitative estimate of drug-likeness (QED) is 0.447. The van der Waals surface area contributed by atoms with Crippen molar-refractivity contribution in [2.75, 3.05) is 26.9 Å². The highest BCUT2D eigenvalue weighted by Crippen LogP contribution is 2.36. The summed E-state index contributed by atoms with van der Waals surface area (Å²) in [5.74, 6) is -1.31. The lowest BCUT2D eigenvalue weighted by molar-refractivity contribution is -0.140. The van der Waals surface area contributed by atoms with E-state index >= 15 is 0 Å². The van der Waals surface area contributed by atoms with Crippen LogP contribution in [0.3, 0.4) is 0 Å². The summed E-state index contributed by atoms with van der Waals surface area (Å²) in [6, 6.07) is 2.61. The number of carbonyl (C=O) groups excluding carboxylic acids is 2. The smallest absolute Gasteiger partial charge is 0.338 e. The van der Waals surface area contributed by atoms with Gasteiger partial charge < -0.3 is 14.8 Å². The molecule has 1 aliphatic heterocycles. The van der Waals surface area contributed by atoms with Gasteiger partial charge in [-0.05, 0) is 19.1 Å². The number of nitrogens with one attached hydrogen (secondary N) is 1. The monoisotopic (exact) mass is 382 g/mol. The molecule has 0 aliphatic carbocycles. The number of methoxy groups -OCH3 is 1. The maximum atomic E-state index is 14.4. The molecule has 6 nitrogen and oxygen atoms in total. The highest BCUT2D eigenvalue weighted by Gasteiger charge is 2.38. The Balaban J connectivity index is 2.52. The fraction of sp³-hybridized carbons (Fsp3) is 0.333. The van der Waals surface area contributed by atoms with E-state index < -0.39 is 23.9 Å². The predicted molar refractivity (Wildman–Crippen MR) is 95.1 cm³/mol. The van der Waals surface area contributed by atoms with Crippen LogP contribution in [0, 0.1) is 5.82 Å². The number of carbonyl (C=O) groups is 2. The number of nitrogens with zero attached hydrogens (tertiary/aromatic N) is 1. The van der Waals surface area contributed by atoms with Crippen LogP contribution < -0.4 is 5.32 Å². The molecule has 1 heterocycles. The molecule has 0 spiro atoms. The van der Waals surface area contributed by atoms with Crippen LogP contribution in [-0.4, -0.2) is 43.8 Å². The lowest BCUT2D eigenvalue weighted by Gasteiger charge is -2.35. The first kappa shape index (κ1) is 19.9. The van der Waals surface area contributed by atoms with Gasteiger partial charge in [0.25, 0.3) is 0 Å². The first-order chi connectivity index (χ1) is 12.4. The molecule has 26 heavy (non-hydrogen) atoms. The first-order valence-electron chi connectivity index (χ1n) is 7.92. The van der Waals surface area contributed by atoms with Gasteiger partial charge >= 0.3 is 12.0 Å². The van der Waals surface area contributed by atoms with Gasteiger partial charge in [-0.3, -0.25) is 4.90 Å². The number of halogens is 2. The van der Waals surface area contributed by atoms with Gasteiger partial charge in [-0.15, -0.1) is 6.58 Å². The van der Waals surface area contributed by atoms with Crippen LogP contribution in [0.2, 0.25) is 5.02 Å². The number of rotatable bonds is 7. The second-order valence-electron chi connectivity index (χ2n) is 5.54. The zero-order chi connectivity index (χ0) is 19.3. The zero-order valence-electron chi connectivity index (χ0n) is 14.6. The Morgan fingerprint density at radius 1 is 1.46 bits per heavy atom. The van der Waals surface area contributed by atoms with Crippen molar-refractivity contribution in [2.45, 2.75) is 13.0 Å². The van der Waals surface area contributed by atoms with Gasteiger partial charge in [0.05, 0.1) is 18.2 Å². The largest absolute Gasteiger partial charge is 0.460 e. The van der Waals surface area contributed by atoms with Crippen LogP contribution in [0.15, 0.2) is 42.1 Å². The molecule has 0 saturated heterocycles. The van der Waals surface area contributed by atoms with Crippen molar-refractivity contribution in [1.82, 2.24) is 10.2 Å². The second-order valence-corrected chi connectivity index (χ2v) is 5.95. The zero-order valence-corrected chi connectivity index (χ0v) is 15.3. The first-order valence-corrected chi connectivity index (χ1v) is 8.29. The fourth-order valence-electron chi connectivity index (χ4n) is 2.69. The molecule has 0 unspecified atom stereocenters. The summed E-state index contributed by atoms with van der Waals surface area (Å²) in [6.45, 7) is 5.62. The van der Waals surface area contributed by atoms with Crippen LogP contribution in [-0.2, 0) is 14.3 Å². The normalized spacial score (nSPS) is 17.2. The summed E-state index contributed by atoms with van der Waals surface area (Å²) in [5.41, 5.74) is 0.466. The van der Waals surface area contributed by atoms with E-state index in [2.05, 4.69) is 11.9 Å². The predicted octanol–water partition coefficient (Wildman–Crippen LogP) is 3.20. The van der Waals surface area contributed by atoms with Crippen LogP contribution in [0.4, 0.5) is 9.18 Å². The van der Waals surface area contributed by atoms with E-state index in [-0.39, 0.29) is 35.9 Å². The Kier molecular flexibility index (Phi) is 6.76. The van der Waals surface area contributed by atoms with Crippen molar-refractivity contribution in [1.29, 1.82) is 0 Å². The molecule has 140 valence electrons. The third-order valence-corrected chi connectivity index (χ3v) is 4.27. The van der Waals surface area contributed by atoms with Crippen molar-refractivity contribution in [2.24, 2.45) is 0 Å². The van der Waals surface area contributed by atoms with E-state index in [1.165, 1.54) is 36.3 Å². The van der Waals surface area contributed by atoms with Gasteiger partial charge in [0.15, 0.2) is 0 Å². The van der Waals surface area contributed by atoms with E-state index in [0.29, 0.717) is 5.70 Å². The van der Waals surface area contributed by atoms with E-state index in [4.69, 9.17) is 21.1 Å². The standard InChI is InChI=1S/C18H20ClFN2O4/c1-4-8-22-11(2)14(17(23)26-10-9-25-3)16(21-18(22)24)15-12(19)6-5-7-13(15)20/h4-7,16H,1,8-10H2,2-3H3,(H,21,24)/t16-/m0/s1. The fourth-order valence-corrected chi connectivity index (χ4v) is 2.97. The summed E-state index contributed by atoms with van der Waals surface area (Å²) in [5, 5.41) is 2.73. The maximum absolute atomic E-state index is 14.4. The number of hydrogen-bond donors (Lipinski definition) is 1. The molecule has 0 aromatic heterocycles. The van der Waals surface area contributed by atoms with Crippen LogP contribution in [0.5, 0.6) is 0 Å². The SMILES string of the molecule is C=CCN1C(=O)N[C@H](c2c(F)cccc2Cl)C(C(=O)OCCOC)=C1C. The van der Waals surface area contributed by atoms with Crippen molar-refractivity contribution in [3.63, 3.8) is 0 Å². The highest BCUT2D eigenvalue weighted by molar-refractivity contribution is 6.31. The number of ether oxygens (including phenoxy) is 2. The van der Waals surface area contributed by atoms with E-state index in [1.54, 1.807) is 6.92 Å². The molecule has 0 saturated carbocycles. The average Bonchev–Trinajstić information content (AvgIpc) is 2.58. The summed E-state index contributed by atoms with van der Waals surface area (Å²) in [6.07, 6.45) is 1.52. The molecular weight excluding hydrogens is 363 g/mol.